The molecule has 1 saturated heterocycles. The molecule has 1 aliphatic rings. The highest BCUT2D eigenvalue weighted by Gasteiger charge is 2.33. The van der Waals surface area contributed by atoms with Gasteiger partial charge in [0.25, 0.3) is 10.0 Å². The number of amides is 1. The van der Waals surface area contributed by atoms with Crippen molar-refractivity contribution in [3.63, 3.8) is 0 Å². The Morgan fingerprint density at radius 2 is 1.38 bits per heavy atom. The minimum absolute atomic E-state index is 0.0295. The Kier molecular flexibility index (Phi) is 8.55. The molecule has 0 N–H and O–H groups in total. The Morgan fingerprint density at radius 1 is 0.846 bits per heavy atom. The topological polar surface area (TPSA) is 104 Å². The van der Waals surface area contributed by atoms with E-state index in [-0.39, 0.29) is 46.7 Å². The van der Waals surface area contributed by atoms with Crippen LogP contribution in [0.5, 0.6) is 5.75 Å². The van der Waals surface area contributed by atoms with Gasteiger partial charge in [0.05, 0.1) is 27.6 Å². The number of carbonyl (C=O) groups excluding carboxylic acids is 1. The zero-order chi connectivity index (χ0) is 28.4. The highest BCUT2D eigenvalue weighted by Crippen LogP contribution is 2.32. The van der Waals surface area contributed by atoms with E-state index in [1.54, 1.807) is 36.4 Å². The number of aryl methyl sites for hydroxylation is 2. The van der Waals surface area contributed by atoms with Crippen LogP contribution in [0.25, 0.3) is 0 Å². The van der Waals surface area contributed by atoms with Crippen LogP contribution in [0.15, 0.2) is 76.5 Å². The van der Waals surface area contributed by atoms with Crippen molar-refractivity contribution in [2.75, 3.05) is 44.1 Å². The van der Waals surface area contributed by atoms with Crippen LogP contribution in [0.1, 0.15) is 11.1 Å². The molecule has 208 valence electrons. The van der Waals surface area contributed by atoms with Gasteiger partial charge in [-0.15, -0.1) is 0 Å². The second-order valence-corrected chi connectivity index (χ2v) is 13.4. The molecule has 0 spiro atoms. The number of ether oxygens (including phenoxy) is 1. The third-order valence-corrected chi connectivity index (χ3v) is 10.6. The molecule has 12 heteroatoms. The van der Waals surface area contributed by atoms with Crippen LogP contribution < -0.4 is 9.04 Å². The molecule has 39 heavy (non-hydrogen) atoms. The van der Waals surface area contributed by atoms with E-state index in [1.165, 1.54) is 46.6 Å². The van der Waals surface area contributed by atoms with Gasteiger partial charge >= 0.3 is 0 Å². The van der Waals surface area contributed by atoms with Crippen molar-refractivity contribution in [3.8, 4) is 5.75 Å². The summed E-state index contributed by atoms with van der Waals surface area (Å²) in [5.74, 6) is -0.0876. The van der Waals surface area contributed by atoms with Gasteiger partial charge in [0.15, 0.2) is 0 Å². The van der Waals surface area contributed by atoms with Crippen molar-refractivity contribution < 1.29 is 26.4 Å². The normalized spacial score (nSPS) is 14.7. The van der Waals surface area contributed by atoms with Crippen molar-refractivity contribution in [2.45, 2.75) is 23.6 Å². The molecule has 0 unspecified atom stereocenters. The number of sulfonamides is 2. The molecule has 1 amide bonds. The first-order valence-corrected chi connectivity index (χ1v) is 15.5. The fraction of sp³-hybridized carbons (Fsp3) is 0.296. The number of halogens is 1. The van der Waals surface area contributed by atoms with Crippen molar-refractivity contribution in [2.24, 2.45) is 0 Å². The molecule has 3 aromatic carbocycles. The number of hydrogen-bond donors (Lipinski definition) is 0. The van der Waals surface area contributed by atoms with Crippen molar-refractivity contribution in [1.82, 2.24) is 9.21 Å². The number of rotatable bonds is 8. The van der Waals surface area contributed by atoms with E-state index in [2.05, 4.69) is 0 Å². The quantitative estimate of drug-likeness (QED) is 0.396. The van der Waals surface area contributed by atoms with E-state index in [4.69, 9.17) is 16.3 Å². The molecule has 1 fully saturated rings. The Hall–Kier alpha value is -3.12. The molecule has 9 nitrogen and oxygen atoms in total. The Bertz CT molecular complexity index is 1550. The molecule has 1 heterocycles. The standard InChI is InChI=1S/C27H30ClN3O6S2/c1-20-4-9-23(10-5-20)38(33,34)30-16-14-29(15-17-30)27(32)19-31(22-8-13-26(37-3)25(28)18-22)39(35,36)24-11-6-21(2)7-12-24/h4-13,18H,14-17,19H2,1-3H3. The van der Waals surface area contributed by atoms with E-state index in [0.29, 0.717) is 5.75 Å². The molecular formula is C27H30ClN3O6S2. The average Bonchev–Trinajstić information content (AvgIpc) is 2.92. The monoisotopic (exact) mass is 591 g/mol. The maximum Gasteiger partial charge on any atom is 0.264 e. The minimum atomic E-state index is -4.13. The van der Waals surface area contributed by atoms with Gasteiger partial charge in [-0.05, 0) is 56.3 Å². The van der Waals surface area contributed by atoms with E-state index >= 15 is 0 Å². The van der Waals surface area contributed by atoms with Crippen molar-refractivity contribution in [1.29, 1.82) is 0 Å². The summed E-state index contributed by atoms with van der Waals surface area (Å²) in [7, 11) is -6.39. The maximum absolute atomic E-state index is 13.7. The second-order valence-electron chi connectivity index (χ2n) is 9.24. The van der Waals surface area contributed by atoms with E-state index in [1.807, 2.05) is 13.8 Å². The highest BCUT2D eigenvalue weighted by atomic mass is 35.5. The minimum Gasteiger partial charge on any atom is -0.495 e. The molecule has 3 aromatic rings. The largest absolute Gasteiger partial charge is 0.495 e. The SMILES string of the molecule is COc1ccc(N(CC(=O)N2CCN(S(=O)(=O)c3ccc(C)cc3)CC2)S(=O)(=O)c2ccc(C)cc2)cc1Cl. The Labute approximate surface area is 234 Å². The lowest BCUT2D eigenvalue weighted by atomic mass is 10.2. The summed E-state index contributed by atoms with van der Waals surface area (Å²) in [6.45, 7) is 3.70. The fourth-order valence-electron chi connectivity index (χ4n) is 4.22. The Balaban J connectivity index is 1.55. The molecule has 4 rings (SSSR count). The first-order chi connectivity index (χ1) is 18.4. The molecule has 0 aliphatic carbocycles. The second kappa shape index (κ2) is 11.5. The van der Waals surface area contributed by atoms with E-state index in [9.17, 15) is 21.6 Å². The number of carbonyl (C=O) groups is 1. The van der Waals surface area contributed by atoms with Crippen LogP contribution in [-0.2, 0) is 24.8 Å². The maximum atomic E-state index is 13.7. The lowest BCUT2D eigenvalue weighted by Crippen LogP contribution is -2.53. The number of nitrogens with zero attached hydrogens (tertiary/aromatic N) is 3. The zero-order valence-corrected chi connectivity index (χ0v) is 24.3. The average molecular weight is 592 g/mol. The molecule has 0 atom stereocenters. The van der Waals surface area contributed by atoms with Crippen LogP contribution in [0.3, 0.4) is 0 Å². The number of piperazine rings is 1. The summed E-state index contributed by atoms with van der Waals surface area (Å²) < 4.78 is 61.0. The third kappa shape index (κ3) is 6.22. The zero-order valence-electron chi connectivity index (χ0n) is 21.9. The number of anilines is 1. The summed E-state index contributed by atoms with van der Waals surface area (Å²) in [6.07, 6.45) is 0. The Morgan fingerprint density at radius 3 is 1.90 bits per heavy atom. The van der Waals surface area contributed by atoms with Crippen LogP contribution in [0, 0.1) is 13.8 Å². The molecule has 1 aliphatic heterocycles. The van der Waals surface area contributed by atoms with E-state index in [0.717, 1.165) is 15.4 Å². The molecule has 0 radical (unpaired) electrons. The van der Waals surface area contributed by atoms with Gasteiger partial charge < -0.3 is 9.64 Å². The van der Waals surface area contributed by atoms with Crippen LogP contribution in [0.4, 0.5) is 5.69 Å². The number of hydrogen-bond acceptors (Lipinski definition) is 6. The van der Waals surface area contributed by atoms with Crippen LogP contribution >= 0.6 is 11.6 Å². The number of methoxy groups -OCH3 is 1. The molecule has 0 bridgehead atoms. The van der Waals surface area contributed by atoms with Gasteiger partial charge in [0.2, 0.25) is 15.9 Å². The van der Waals surface area contributed by atoms with Gasteiger partial charge in [0.1, 0.15) is 12.3 Å². The summed E-state index contributed by atoms with van der Waals surface area (Å²) in [5.41, 5.74) is 2.05. The highest BCUT2D eigenvalue weighted by molar-refractivity contribution is 7.92. The van der Waals surface area contributed by atoms with Gasteiger partial charge in [-0.3, -0.25) is 9.10 Å². The lowest BCUT2D eigenvalue weighted by molar-refractivity contribution is -0.130. The summed E-state index contributed by atoms with van der Waals surface area (Å²) in [5, 5.41) is 0.196. The van der Waals surface area contributed by atoms with Gasteiger partial charge in [-0.1, -0.05) is 47.0 Å². The van der Waals surface area contributed by atoms with Crippen molar-refractivity contribution in [3.05, 3.63) is 82.9 Å². The van der Waals surface area contributed by atoms with Gasteiger partial charge in [-0.25, -0.2) is 16.8 Å². The lowest BCUT2D eigenvalue weighted by Gasteiger charge is -2.35. The first kappa shape index (κ1) is 28.9. The van der Waals surface area contributed by atoms with Crippen LogP contribution in [-0.4, -0.2) is 71.8 Å². The predicted molar refractivity (Wildman–Crippen MR) is 150 cm³/mol. The molecule has 0 saturated carbocycles. The smallest absolute Gasteiger partial charge is 0.264 e. The molecular weight excluding hydrogens is 562 g/mol. The van der Waals surface area contributed by atoms with E-state index < -0.39 is 32.5 Å². The summed E-state index contributed by atoms with van der Waals surface area (Å²) in [4.78, 5) is 15.1. The summed E-state index contributed by atoms with van der Waals surface area (Å²) >= 11 is 6.29. The molecule has 0 aromatic heterocycles. The van der Waals surface area contributed by atoms with Gasteiger partial charge in [-0.2, -0.15) is 4.31 Å². The van der Waals surface area contributed by atoms with Gasteiger partial charge in [0, 0.05) is 26.2 Å². The fourth-order valence-corrected chi connectivity index (χ4v) is 7.30. The predicted octanol–water partition coefficient (Wildman–Crippen LogP) is 3.69. The van der Waals surface area contributed by atoms with Crippen LogP contribution in [0.2, 0.25) is 5.02 Å². The number of benzene rings is 3. The summed E-state index contributed by atoms with van der Waals surface area (Å²) in [6, 6.07) is 17.4. The first-order valence-electron chi connectivity index (χ1n) is 12.2. The van der Waals surface area contributed by atoms with Crippen molar-refractivity contribution >= 4 is 43.2 Å². The third-order valence-electron chi connectivity index (χ3n) is 6.56.